The van der Waals surface area contributed by atoms with Crippen LogP contribution in [0.3, 0.4) is 0 Å². The van der Waals surface area contributed by atoms with E-state index < -0.39 is 0 Å². The molecule has 1 aromatic carbocycles. The normalized spacial score (nSPS) is 11.3. The van der Waals surface area contributed by atoms with Crippen molar-refractivity contribution in [1.29, 1.82) is 0 Å². The maximum absolute atomic E-state index is 12.8. The Bertz CT molecular complexity index is 1020. The fraction of sp³-hybridized carbons (Fsp3) is 0.333. The van der Waals surface area contributed by atoms with Crippen molar-refractivity contribution in [2.45, 2.75) is 13.5 Å². The molecule has 0 N–H and O–H groups in total. The van der Waals surface area contributed by atoms with Gasteiger partial charge in [-0.3, -0.25) is 13.9 Å². The van der Waals surface area contributed by atoms with E-state index in [0.717, 1.165) is 21.4 Å². The Morgan fingerprint density at radius 2 is 1.88 bits per heavy atom. The first-order valence-corrected chi connectivity index (χ1v) is 7.80. The lowest BCUT2D eigenvalue weighted by Gasteiger charge is -2.10. The van der Waals surface area contributed by atoms with Gasteiger partial charge in [-0.1, -0.05) is 23.8 Å². The number of aryl methyl sites for hydroxylation is 2. The van der Waals surface area contributed by atoms with Crippen LogP contribution in [0.5, 0.6) is 0 Å². The maximum Gasteiger partial charge on any atom is 0.330 e. The quantitative estimate of drug-likeness (QED) is 0.732. The second-order valence-electron chi connectivity index (χ2n) is 6.00. The van der Waals surface area contributed by atoms with Gasteiger partial charge in [0.25, 0.3) is 5.56 Å². The fourth-order valence-electron chi connectivity index (χ4n) is 3.06. The predicted octanol–water partition coefficient (Wildman–Crippen LogP) is 1.66. The van der Waals surface area contributed by atoms with Crippen LogP contribution in [0, 0.1) is 6.92 Å². The number of methoxy groups -OCH3 is 1. The Kier molecular flexibility index (Phi) is 4.15. The Hall–Kier alpha value is -2.60. The number of nitrogens with zero attached hydrogens (tertiary/aromatic N) is 3. The zero-order valence-electron chi connectivity index (χ0n) is 14.4. The highest BCUT2D eigenvalue weighted by molar-refractivity contribution is 5.93. The average molecular weight is 327 g/mol. The fourth-order valence-corrected chi connectivity index (χ4v) is 3.06. The molecule has 2 heterocycles. The minimum atomic E-state index is -0.327. The summed E-state index contributed by atoms with van der Waals surface area (Å²) in [5.74, 6) is 0. The zero-order chi connectivity index (χ0) is 17.4. The van der Waals surface area contributed by atoms with E-state index in [9.17, 15) is 9.59 Å². The summed E-state index contributed by atoms with van der Waals surface area (Å²) >= 11 is 0. The van der Waals surface area contributed by atoms with Crippen LogP contribution in [0.1, 0.15) is 5.56 Å². The maximum atomic E-state index is 12.8. The summed E-state index contributed by atoms with van der Waals surface area (Å²) in [6, 6.07) is 8.01. The molecule has 0 bridgehead atoms. The number of fused-ring (bicyclic) bond motifs is 1. The zero-order valence-corrected chi connectivity index (χ0v) is 14.4. The van der Waals surface area contributed by atoms with Crippen molar-refractivity contribution in [2.75, 3.05) is 13.7 Å². The van der Waals surface area contributed by atoms with Crippen molar-refractivity contribution in [2.24, 2.45) is 14.1 Å². The number of rotatable bonds is 4. The molecule has 24 heavy (non-hydrogen) atoms. The largest absolute Gasteiger partial charge is 0.383 e. The van der Waals surface area contributed by atoms with Gasteiger partial charge in [-0.25, -0.2) is 4.79 Å². The molecule has 0 amide bonds. The van der Waals surface area contributed by atoms with Gasteiger partial charge < -0.3 is 9.30 Å². The van der Waals surface area contributed by atoms with Crippen LogP contribution in [0.4, 0.5) is 0 Å². The molecule has 0 fully saturated rings. The molecule has 0 unspecified atom stereocenters. The monoisotopic (exact) mass is 327 g/mol. The van der Waals surface area contributed by atoms with Gasteiger partial charge in [-0.2, -0.15) is 0 Å². The second-order valence-corrected chi connectivity index (χ2v) is 6.00. The summed E-state index contributed by atoms with van der Waals surface area (Å²) in [4.78, 5) is 25.0. The van der Waals surface area contributed by atoms with Crippen molar-refractivity contribution >= 4 is 10.9 Å². The average Bonchev–Trinajstić information content (AvgIpc) is 2.95. The van der Waals surface area contributed by atoms with Crippen LogP contribution in [-0.2, 0) is 25.4 Å². The summed E-state index contributed by atoms with van der Waals surface area (Å²) in [6.07, 6.45) is 1.86. The first-order chi connectivity index (χ1) is 11.5. The highest BCUT2D eigenvalue weighted by Crippen LogP contribution is 2.28. The predicted molar refractivity (Wildman–Crippen MR) is 94.5 cm³/mol. The van der Waals surface area contributed by atoms with Gasteiger partial charge in [-0.05, 0) is 18.6 Å². The molecule has 0 saturated carbocycles. The van der Waals surface area contributed by atoms with Crippen molar-refractivity contribution in [3.05, 3.63) is 56.9 Å². The summed E-state index contributed by atoms with van der Waals surface area (Å²) in [7, 11) is 4.84. The lowest BCUT2D eigenvalue weighted by atomic mass is 10.1. The highest BCUT2D eigenvalue weighted by atomic mass is 16.5. The van der Waals surface area contributed by atoms with E-state index in [2.05, 4.69) is 0 Å². The van der Waals surface area contributed by atoms with Crippen LogP contribution < -0.4 is 11.2 Å². The Morgan fingerprint density at radius 1 is 1.12 bits per heavy atom. The van der Waals surface area contributed by atoms with Gasteiger partial charge in [0.2, 0.25) is 0 Å². The molecule has 6 nitrogen and oxygen atoms in total. The molecule has 3 rings (SSSR count). The van der Waals surface area contributed by atoms with Gasteiger partial charge >= 0.3 is 5.69 Å². The summed E-state index contributed by atoms with van der Waals surface area (Å²) in [5, 5.41) is 0.557. The van der Waals surface area contributed by atoms with Gasteiger partial charge in [0, 0.05) is 33.9 Å². The standard InChI is InChI=1S/C18H21N3O3/c1-12-6-5-7-13(10-12)16-15-14(11-21(16)8-9-24-4)19(2)18(23)20(3)17(15)22/h5-7,10-11H,8-9H2,1-4H3. The van der Waals surface area contributed by atoms with Crippen LogP contribution in [0.15, 0.2) is 40.1 Å². The molecule has 6 heteroatoms. The van der Waals surface area contributed by atoms with Crippen LogP contribution in [0.25, 0.3) is 22.2 Å². The Morgan fingerprint density at radius 3 is 2.54 bits per heavy atom. The first kappa shape index (κ1) is 16.3. The van der Waals surface area contributed by atoms with Crippen molar-refractivity contribution in [3.63, 3.8) is 0 Å². The van der Waals surface area contributed by atoms with E-state index >= 15 is 0 Å². The first-order valence-electron chi connectivity index (χ1n) is 7.80. The van der Waals surface area contributed by atoms with E-state index in [0.29, 0.717) is 24.1 Å². The number of hydrogen-bond donors (Lipinski definition) is 0. The lowest BCUT2D eigenvalue weighted by molar-refractivity contribution is 0.188. The van der Waals surface area contributed by atoms with Crippen molar-refractivity contribution < 1.29 is 4.74 Å². The third-order valence-electron chi connectivity index (χ3n) is 4.34. The van der Waals surface area contributed by atoms with Crippen molar-refractivity contribution in [1.82, 2.24) is 13.7 Å². The van der Waals surface area contributed by atoms with E-state index in [1.54, 1.807) is 14.2 Å². The van der Waals surface area contributed by atoms with Gasteiger partial charge in [0.15, 0.2) is 0 Å². The van der Waals surface area contributed by atoms with E-state index in [-0.39, 0.29) is 11.2 Å². The summed E-state index contributed by atoms with van der Waals surface area (Å²) < 4.78 is 9.85. The Balaban J connectivity index is 2.44. The molecule has 126 valence electrons. The number of hydrogen-bond acceptors (Lipinski definition) is 3. The summed E-state index contributed by atoms with van der Waals surface area (Å²) in [5.41, 5.74) is 2.92. The van der Waals surface area contributed by atoms with Crippen LogP contribution >= 0.6 is 0 Å². The molecule has 0 aliphatic carbocycles. The second kappa shape index (κ2) is 6.13. The number of ether oxygens (including phenoxy) is 1. The molecular formula is C18H21N3O3. The van der Waals surface area contributed by atoms with Gasteiger partial charge in [0.05, 0.1) is 23.2 Å². The molecular weight excluding hydrogens is 306 g/mol. The van der Waals surface area contributed by atoms with Crippen LogP contribution in [-0.4, -0.2) is 27.4 Å². The number of aromatic nitrogens is 3. The smallest absolute Gasteiger partial charge is 0.330 e. The third kappa shape index (κ3) is 2.49. The molecule has 0 radical (unpaired) electrons. The minimum absolute atomic E-state index is 0.277. The molecule has 2 aromatic heterocycles. The minimum Gasteiger partial charge on any atom is -0.383 e. The summed E-state index contributed by atoms with van der Waals surface area (Å²) in [6.45, 7) is 3.14. The molecule has 0 aliphatic heterocycles. The molecule has 0 aliphatic rings. The van der Waals surface area contributed by atoms with E-state index in [1.165, 1.54) is 11.6 Å². The number of benzene rings is 1. The van der Waals surface area contributed by atoms with Gasteiger partial charge in [-0.15, -0.1) is 0 Å². The van der Waals surface area contributed by atoms with E-state index in [4.69, 9.17) is 4.74 Å². The van der Waals surface area contributed by atoms with Crippen molar-refractivity contribution in [3.8, 4) is 11.3 Å². The SMILES string of the molecule is COCCn1cc2c(c1-c1cccc(C)c1)c(=O)n(C)c(=O)n2C. The molecule has 0 spiro atoms. The molecule has 0 saturated heterocycles. The van der Waals surface area contributed by atoms with Gasteiger partial charge in [0.1, 0.15) is 0 Å². The lowest BCUT2D eigenvalue weighted by Crippen LogP contribution is -2.36. The Labute approximate surface area is 139 Å². The van der Waals surface area contributed by atoms with Crippen LogP contribution in [0.2, 0.25) is 0 Å². The van der Waals surface area contributed by atoms with E-state index in [1.807, 2.05) is 42.0 Å². The topological polar surface area (TPSA) is 58.2 Å². The third-order valence-corrected chi connectivity index (χ3v) is 4.34. The highest BCUT2D eigenvalue weighted by Gasteiger charge is 2.19. The molecule has 3 aromatic rings. The molecule has 0 atom stereocenters.